The summed E-state index contributed by atoms with van der Waals surface area (Å²) in [6, 6.07) is -0.162. The fraction of sp³-hybridized carbons (Fsp3) is 0.846. The summed E-state index contributed by atoms with van der Waals surface area (Å²) < 4.78 is 4.69. The van der Waals surface area contributed by atoms with E-state index in [0.717, 1.165) is 23.8 Å². The number of rotatable bonds is 7. The first-order valence-electron chi connectivity index (χ1n) is 6.76. The van der Waals surface area contributed by atoms with Crippen molar-refractivity contribution in [3.05, 3.63) is 0 Å². The van der Waals surface area contributed by atoms with Gasteiger partial charge < -0.3 is 15.4 Å². The van der Waals surface area contributed by atoms with E-state index in [-0.39, 0.29) is 5.91 Å². The average Bonchev–Trinajstić information content (AvgIpc) is 2.81. The molecule has 3 atom stereocenters. The lowest BCUT2D eigenvalue weighted by atomic mass is 10.2. The minimum atomic E-state index is -0.597. The number of hydrogen-bond acceptors (Lipinski definition) is 5. The zero-order valence-corrected chi connectivity index (χ0v) is 12.7. The van der Waals surface area contributed by atoms with E-state index in [9.17, 15) is 9.59 Å². The molecule has 6 heteroatoms. The molecule has 0 aromatic rings. The fourth-order valence-electron chi connectivity index (χ4n) is 2.38. The highest BCUT2D eigenvalue weighted by molar-refractivity contribution is 7.99. The number of thioether (sulfide) groups is 1. The van der Waals surface area contributed by atoms with Crippen LogP contribution in [0.5, 0.6) is 0 Å². The lowest BCUT2D eigenvalue weighted by molar-refractivity contribution is -0.144. The molecule has 0 aromatic carbocycles. The molecule has 1 aliphatic rings. The van der Waals surface area contributed by atoms with Crippen LogP contribution in [-0.2, 0) is 14.3 Å². The van der Waals surface area contributed by atoms with Crippen LogP contribution in [0.1, 0.15) is 33.1 Å². The van der Waals surface area contributed by atoms with Gasteiger partial charge in [0.2, 0.25) is 5.91 Å². The molecule has 0 radical (unpaired) electrons. The lowest BCUT2D eigenvalue weighted by Crippen LogP contribution is -2.48. The summed E-state index contributed by atoms with van der Waals surface area (Å²) in [5, 5.41) is 6.69. The van der Waals surface area contributed by atoms with Crippen LogP contribution >= 0.6 is 11.8 Å². The number of ether oxygens (including phenoxy) is 1. The number of carbonyl (C=O) groups is 2. The number of hydrogen-bond donors (Lipinski definition) is 2. The molecular formula is C13H24N2O3S. The quantitative estimate of drug-likeness (QED) is 0.682. The van der Waals surface area contributed by atoms with Gasteiger partial charge >= 0.3 is 5.97 Å². The Bertz CT molecular complexity index is 312. The van der Waals surface area contributed by atoms with Crippen molar-refractivity contribution in [1.82, 2.24) is 10.6 Å². The molecule has 0 spiro atoms. The maximum Gasteiger partial charge on any atom is 0.329 e. The molecule has 0 aromatic heterocycles. The summed E-state index contributed by atoms with van der Waals surface area (Å²) in [6.45, 7) is 4.01. The van der Waals surface area contributed by atoms with Crippen LogP contribution in [0.4, 0.5) is 0 Å². The summed E-state index contributed by atoms with van der Waals surface area (Å²) >= 11 is 2.00. The molecule has 1 amide bonds. The molecule has 1 aliphatic carbocycles. The molecule has 3 unspecified atom stereocenters. The summed E-state index contributed by atoms with van der Waals surface area (Å²) in [5.41, 5.74) is 0. The summed E-state index contributed by atoms with van der Waals surface area (Å²) in [5.74, 6) is 0.525. The Balaban J connectivity index is 2.35. The third-order valence-electron chi connectivity index (χ3n) is 3.26. The van der Waals surface area contributed by atoms with Crippen LogP contribution in [-0.4, -0.2) is 48.6 Å². The van der Waals surface area contributed by atoms with E-state index in [1.54, 1.807) is 0 Å². The first-order valence-corrected chi connectivity index (χ1v) is 7.81. The van der Waals surface area contributed by atoms with Crippen molar-refractivity contribution in [2.24, 2.45) is 0 Å². The minimum Gasteiger partial charge on any atom is -0.467 e. The highest BCUT2D eigenvalue weighted by Gasteiger charge is 2.26. The van der Waals surface area contributed by atoms with Crippen LogP contribution in [0, 0.1) is 0 Å². The predicted octanol–water partition coefficient (Wildman–Crippen LogP) is 0.928. The van der Waals surface area contributed by atoms with Crippen molar-refractivity contribution in [3.63, 3.8) is 0 Å². The molecule has 0 aliphatic heterocycles. The second-order valence-corrected chi connectivity index (χ2v) is 6.35. The zero-order valence-electron chi connectivity index (χ0n) is 11.9. The van der Waals surface area contributed by atoms with Crippen molar-refractivity contribution < 1.29 is 14.3 Å². The van der Waals surface area contributed by atoms with Gasteiger partial charge in [0.05, 0.1) is 7.11 Å². The third kappa shape index (κ3) is 5.82. The van der Waals surface area contributed by atoms with E-state index < -0.39 is 12.0 Å². The highest BCUT2D eigenvalue weighted by Crippen LogP contribution is 2.29. The monoisotopic (exact) mass is 288 g/mol. The van der Waals surface area contributed by atoms with E-state index in [4.69, 9.17) is 4.74 Å². The van der Waals surface area contributed by atoms with E-state index in [1.807, 2.05) is 11.8 Å². The highest BCUT2D eigenvalue weighted by atomic mass is 32.2. The van der Waals surface area contributed by atoms with E-state index >= 15 is 0 Å². The lowest BCUT2D eigenvalue weighted by Gasteiger charge is -2.19. The smallest absolute Gasteiger partial charge is 0.329 e. The van der Waals surface area contributed by atoms with Crippen LogP contribution in [0.15, 0.2) is 0 Å². The van der Waals surface area contributed by atoms with Gasteiger partial charge in [0.15, 0.2) is 0 Å². The number of amides is 1. The van der Waals surface area contributed by atoms with Gasteiger partial charge in [-0.3, -0.25) is 4.79 Å². The van der Waals surface area contributed by atoms with E-state index in [2.05, 4.69) is 17.6 Å². The molecule has 1 rings (SSSR count). The zero-order chi connectivity index (χ0) is 14.3. The van der Waals surface area contributed by atoms with Gasteiger partial charge in [-0.25, -0.2) is 4.79 Å². The summed E-state index contributed by atoms with van der Waals surface area (Å²) in [6.07, 6.45) is 3.48. The first-order chi connectivity index (χ1) is 9.06. The van der Waals surface area contributed by atoms with E-state index in [1.165, 1.54) is 20.5 Å². The fourth-order valence-corrected chi connectivity index (χ4v) is 3.52. The van der Waals surface area contributed by atoms with Crippen molar-refractivity contribution in [2.75, 3.05) is 19.4 Å². The van der Waals surface area contributed by atoms with Gasteiger partial charge in [-0.15, -0.1) is 0 Å². The minimum absolute atomic E-state index is 0.219. The first kappa shape index (κ1) is 16.3. The molecule has 0 bridgehead atoms. The molecule has 19 heavy (non-hydrogen) atoms. The number of esters is 1. The standard InChI is InChI=1S/C13H24N2O3S/c1-4-19-11-6-5-10(7-11)14-8-12(13(17)18-3)15-9(2)16/h10-12,14H,4-8H2,1-3H3,(H,15,16). The van der Waals surface area contributed by atoms with Crippen LogP contribution in [0.25, 0.3) is 0 Å². The third-order valence-corrected chi connectivity index (χ3v) is 4.49. The molecule has 1 saturated carbocycles. The second-order valence-electron chi connectivity index (χ2n) is 4.77. The van der Waals surface area contributed by atoms with Gasteiger partial charge in [-0.1, -0.05) is 6.92 Å². The molecule has 2 N–H and O–H groups in total. The van der Waals surface area contributed by atoms with Crippen molar-refractivity contribution in [2.45, 2.75) is 50.4 Å². The molecule has 1 fully saturated rings. The Kier molecular flexibility index (Phi) is 7.23. The molecular weight excluding hydrogens is 264 g/mol. The van der Waals surface area contributed by atoms with Crippen LogP contribution in [0.3, 0.4) is 0 Å². The maximum atomic E-state index is 11.5. The van der Waals surface area contributed by atoms with Crippen molar-refractivity contribution in [1.29, 1.82) is 0 Å². The van der Waals surface area contributed by atoms with Crippen molar-refractivity contribution in [3.8, 4) is 0 Å². The molecule has 110 valence electrons. The molecule has 0 heterocycles. The number of methoxy groups -OCH3 is 1. The summed E-state index contributed by atoms with van der Waals surface area (Å²) in [4.78, 5) is 22.6. The van der Waals surface area contributed by atoms with Gasteiger partial charge in [-0.05, 0) is 25.0 Å². The normalized spacial score (nSPS) is 23.9. The average molecular weight is 288 g/mol. The Labute approximate surface area is 119 Å². The predicted molar refractivity (Wildman–Crippen MR) is 77.2 cm³/mol. The Morgan fingerprint density at radius 2 is 2.16 bits per heavy atom. The molecule has 5 nitrogen and oxygen atoms in total. The largest absolute Gasteiger partial charge is 0.467 e. The van der Waals surface area contributed by atoms with Gasteiger partial charge in [0.25, 0.3) is 0 Å². The SMILES string of the molecule is CCSC1CCC(NCC(NC(C)=O)C(=O)OC)C1. The van der Waals surface area contributed by atoms with Gasteiger partial charge in [0, 0.05) is 24.8 Å². The number of carbonyl (C=O) groups excluding carboxylic acids is 2. The number of nitrogens with one attached hydrogen (secondary N) is 2. The maximum absolute atomic E-state index is 11.5. The topological polar surface area (TPSA) is 67.4 Å². The summed E-state index contributed by atoms with van der Waals surface area (Å²) in [7, 11) is 1.33. The molecule has 0 saturated heterocycles. The van der Waals surface area contributed by atoms with Gasteiger partial charge in [0.1, 0.15) is 6.04 Å². The van der Waals surface area contributed by atoms with Crippen LogP contribution in [0.2, 0.25) is 0 Å². The van der Waals surface area contributed by atoms with Gasteiger partial charge in [-0.2, -0.15) is 11.8 Å². The Morgan fingerprint density at radius 1 is 1.42 bits per heavy atom. The Hall–Kier alpha value is -0.750. The second kappa shape index (κ2) is 8.43. The Morgan fingerprint density at radius 3 is 2.74 bits per heavy atom. The van der Waals surface area contributed by atoms with Crippen molar-refractivity contribution >= 4 is 23.6 Å². The van der Waals surface area contributed by atoms with Crippen LogP contribution < -0.4 is 10.6 Å². The van der Waals surface area contributed by atoms with E-state index in [0.29, 0.717) is 12.6 Å².